The number of aliphatic hydroxyl groups excluding tert-OH is 1. The maximum absolute atomic E-state index is 8.61. The van der Waals surface area contributed by atoms with Gasteiger partial charge in [-0.3, -0.25) is 0 Å². The zero-order chi connectivity index (χ0) is 8.97. The average molecular weight is 277 g/mol. The molecule has 1 aromatic carbocycles. The molecule has 0 radical (unpaired) electrons. The number of nitrogens with one attached hydrogen (secondary N) is 1. The van der Waals surface area contributed by atoms with Crippen molar-refractivity contribution in [1.29, 1.82) is 0 Å². The van der Waals surface area contributed by atoms with Crippen molar-refractivity contribution in [2.45, 2.75) is 6.92 Å². The molecular formula is C9H12INO. The topological polar surface area (TPSA) is 32.3 Å². The molecule has 0 aliphatic rings. The van der Waals surface area contributed by atoms with Crippen LogP contribution in [0.25, 0.3) is 0 Å². The molecule has 1 rings (SSSR count). The molecule has 0 unspecified atom stereocenters. The molecule has 2 N–H and O–H groups in total. The molecule has 0 aliphatic carbocycles. The molecule has 0 bridgehead atoms. The maximum Gasteiger partial charge on any atom is 0.0604 e. The lowest BCUT2D eigenvalue weighted by molar-refractivity contribution is 0.311. The Morgan fingerprint density at radius 3 is 2.83 bits per heavy atom. The third-order valence-corrected chi connectivity index (χ3v) is 2.29. The number of aliphatic hydroxyl groups is 1. The minimum absolute atomic E-state index is 0.172. The van der Waals surface area contributed by atoms with Crippen LogP contribution in [-0.4, -0.2) is 18.3 Å². The number of rotatable bonds is 3. The molecule has 12 heavy (non-hydrogen) atoms. The van der Waals surface area contributed by atoms with E-state index in [1.54, 1.807) is 0 Å². The molecule has 0 heterocycles. The molecule has 0 aliphatic heterocycles. The van der Waals surface area contributed by atoms with Crippen molar-refractivity contribution in [2.24, 2.45) is 0 Å². The summed E-state index contributed by atoms with van der Waals surface area (Å²) in [6.45, 7) is 2.84. The van der Waals surface area contributed by atoms with E-state index in [4.69, 9.17) is 5.11 Å². The number of anilines is 1. The summed E-state index contributed by atoms with van der Waals surface area (Å²) in [5.74, 6) is 0. The highest BCUT2D eigenvalue weighted by Gasteiger charge is 1.96. The van der Waals surface area contributed by atoms with Crippen LogP contribution >= 0.6 is 22.6 Å². The van der Waals surface area contributed by atoms with Crippen LogP contribution in [0.1, 0.15) is 5.56 Å². The Hall–Kier alpha value is -0.290. The van der Waals surface area contributed by atoms with Gasteiger partial charge in [0.25, 0.3) is 0 Å². The van der Waals surface area contributed by atoms with E-state index in [1.807, 2.05) is 12.1 Å². The Balaban J connectivity index is 2.72. The van der Waals surface area contributed by atoms with Crippen LogP contribution in [-0.2, 0) is 0 Å². The van der Waals surface area contributed by atoms with Gasteiger partial charge in [0, 0.05) is 15.8 Å². The molecule has 0 fully saturated rings. The van der Waals surface area contributed by atoms with Crippen LogP contribution in [0.2, 0.25) is 0 Å². The minimum Gasteiger partial charge on any atom is -0.395 e. The lowest BCUT2D eigenvalue weighted by atomic mass is 10.2. The lowest BCUT2D eigenvalue weighted by Gasteiger charge is -2.07. The van der Waals surface area contributed by atoms with Gasteiger partial charge in [-0.25, -0.2) is 0 Å². The summed E-state index contributed by atoms with van der Waals surface area (Å²) in [6, 6.07) is 6.19. The van der Waals surface area contributed by atoms with E-state index in [9.17, 15) is 0 Å². The predicted octanol–water partition coefficient (Wildman–Crippen LogP) is 2.00. The van der Waals surface area contributed by atoms with Crippen LogP contribution in [0.15, 0.2) is 18.2 Å². The molecule has 0 aromatic heterocycles. The van der Waals surface area contributed by atoms with E-state index in [-0.39, 0.29) is 6.61 Å². The fourth-order valence-corrected chi connectivity index (χ4v) is 1.66. The quantitative estimate of drug-likeness (QED) is 0.828. The van der Waals surface area contributed by atoms with Gasteiger partial charge in [-0.05, 0) is 53.3 Å². The van der Waals surface area contributed by atoms with E-state index >= 15 is 0 Å². The third-order valence-electron chi connectivity index (χ3n) is 1.62. The summed E-state index contributed by atoms with van der Waals surface area (Å²) < 4.78 is 1.24. The zero-order valence-corrected chi connectivity index (χ0v) is 9.13. The summed E-state index contributed by atoms with van der Waals surface area (Å²) in [4.78, 5) is 0. The van der Waals surface area contributed by atoms with E-state index < -0.39 is 0 Å². The Labute approximate surface area is 86.1 Å². The fraction of sp³-hybridized carbons (Fsp3) is 0.333. The van der Waals surface area contributed by atoms with Gasteiger partial charge in [0.05, 0.1) is 6.61 Å². The number of aryl methyl sites for hydroxylation is 1. The monoisotopic (exact) mass is 277 g/mol. The first-order chi connectivity index (χ1) is 5.74. The third kappa shape index (κ3) is 2.64. The number of hydrogen-bond acceptors (Lipinski definition) is 2. The van der Waals surface area contributed by atoms with Gasteiger partial charge in [-0.2, -0.15) is 0 Å². The Bertz CT molecular complexity index is 263. The summed E-state index contributed by atoms with van der Waals surface area (Å²) >= 11 is 2.28. The molecular weight excluding hydrogens is 265 g/mol. The second-order valence-corrected chi connectivity index (χ2v) is 3.86. The highest BCUT2D eigenvalue weighted by Crippen LogP contribution is 2.16. The van der Waals surface area contributed by atoms with Gasteiger partial charge < -0.3 is 10.4 Å². The van der Waals surface area contributed by atoms with E-state index in [1.165, 1.54) is 9.13 Å². The first-order valence-corrected chi connectivity index (χ1v) is 4.93. The van der Waals surface area contributed by atoms with Crippen molar-refractivity contribution < 1.29 is 5.11 Å². The molecule has 0 atom stereocenters. The molecule has 0 saturated carbocycles. The first kappa shape index (κ1) is 9.80. The summed E-state index contributed by atoms with van der Waals surface area (Å²) in [6.07, 6.45) is 0. The standard InChI is InChI=1S/C9H12INO/c1-7-6-8(10)2-3-9(7)11-4-5-12/h2-3,6,11-12H,4-5H2,1H3. The molecule has 0 saturated heterocycles. The predicted molar refractivity (Wildman–Crippen MR) is 59.5 cm³/mol. The van der Waals surface area contributed by atoms with Gasteiger partial charge in [0.1, 0.15) is 0 Å². The van der Waals surface area contributed by atoms with Gasteiger partial charge in [-0.15, -0.1) is 0 Å². The van der Waals surface area contributed by atoms with E-state index in [0.717, 1.165) is 5.69 Å². The smallest absolute Gasteiger partial charge is 0.0604 e. The first-order valence-electron chi connectivity index (χ1n) is 3.85. The second kappa shape index (κ2) is 4.67. The zero-order valence-electron chi connectivity index (χ0n) is 6.97. The van der Waals surface area contributed by atoms with Gasteiger partial charge in [0.2, 0.25) is 0 Å². The van der Waals surface area contributed by atoms with Crippen molar-refractivity contribution in [3.05, 3.63) is 27.3 Å². The van der Waals surface area contributed by atoms with Crippen LogP contribution in [0, 0.1) is 10.5 Å². The van der Waals surface area contributed by atoms with Gasteiger partial charge in [0.15, 0.2) is 0 Å². The SMILES string of the molecule is Cc1cc(I)ccc1NCCO. The fourth-order valence-electron chi connectivity index (χ4n) is 1.02. The second-order valence-electron chi connectivity index (χ2n) is 2.61. The van der Waals surface area contributed by atoms with Crippen LogP contribution in [0.4, 0.5) is 5.69 Å². The molecule has 3 heteroatoms. The largest absolute Gasteiger partial charge is 0.395 e. The minimum atomic E-state index is 0.172. The van der Waals surface area contributed by atoms with Gasteiger partial charge in [-0.1, -0.05) is 0 Å². The van der Waals surface area contributed by atoms with Crippen molar-refractivity contribution in [3.8, 4) is 0 Å². The maximum atomic E-state index is 8.61. The van der Waals surface area contributed by atoms with E-state index in [0.29, 0.717) is 6.54 Å². The summed E-state index contributed by atoms with van der Waals surface area (Å²) in [5.41, 5.74) is 2.32. The number of hydrogen-bond donors (Lipinski definition) is 2. The normalized spacial score (nSPS) is 9.92. The molecule has 66 valence electrons. The van der Waals surface area contributed by atoms with Crippen molar-refractivity contribution in [1.82, 2.24) is 0 Å². The average Bonchev–Trinajstić information content (AvgIpc) is 2.03. The highest BCUT2D eigenvalue weighted by molar-refractivity contribution is 14.1. The van der Waals surface area contributed by atoms with Crippen molar-refractivity contribution in [3.63, 3.8) is 0 Å². The Kier molecular flexibility index (Phi) is 3.81. The van der Waals surface area contributed by atoms with Crippen LogP contribution in [0.3, 0.4) is 0 Å². The molecule has 0 amide bonds. The summed E-state index contributed by atoms with van der Waals surface area (Å²) in [7, 11) is 0. The van der Waals surface area contributed by atoms with E-state index in [2.05, 4.69) is 40.9 Å². The Morgan fingerprint density at radius 1 is 1.50 bits per heavy atom. The van der Waals surface area contributed by atoms with Crippen LogP contribution in [0.5, 0.6) is 0 Å². The summed E-state index contributed by atoms with van der Waals surface area (Å²) in [5, 5.41) is 11.7. The van der Waals surface area contributed by atoms with Gasteiger partial charge >= 0.3 is 0 Å². The number of benzene rings is 1. The number of halogens is 1. The molecule has 0 spiro atoms. The van der Waals surface area contributed by atoms with Crippen molar-refractivity contribution in [2.75, 3.05) is 18.5 Å². The molecule has 2 nitrogen and oxygen atoms in total. The highest BCUT2D eigenvalue weighted by atomic mass is 127. The molecule has 1 aromatic rings. The Morgan fingerprint density at radius 2 is 2.25 bits per heavy atom. The van der Waals surface area contributed by atoms with Crippen LogP contribution < -0.4 is 5.32 Å². The lowest BCUT2D eigenvalue weighted by Crippen LogP contribution is -2.06. The van der Waals surface area contributed by atoms with Crippen molar-refractivity contribution >= 4 is 28.3 Å².